The van der Waals surface area contributed by atoms with Crippen LogP contribution in [0.2, 0.25) is 0 Å². The van der Waals surface area contributed by atoms with Gasteiger partial charge >= 0.3 is 0 Å². The Morgan fingerprint density at radius 3 is 1.75 bits per heavy atom. The van der Waals surface area contributed by atoms with Crippen LogP contribution in [0.15, 0.2) is 0 Å². The molecule has 0 aliphatic heterocycles. The minimum Gasteiger partial charge on any atom is -0.425 e. The molecule has 1 atom stereocenters. The molecule has 0 heterocycles. The SMILES string of the molecule is CC(O[SiH3])C(C)(C)C. The van der Waals surface area contributed by atoms with Gasteiger partial charge in [-0.05, 0) is 12.3 Å². The quantitative estimate of drug-likeness (QED) is 0.478. The van der Waals surface area contributed by atoms with Gasteiger partial charge in [-0.1, -0.05) is 20.8 Å². The van der Waals surface area contributed by atoms with Crippen LogP contribution in [0.1, 0.15) is 27.7 Å². The highest BCUT2D eigenvalue weighted by Crippen LogP contribution is 2.20. The molecule has 0 rings (SSSR count). The van der Waals surface area contributed by atoms with Crippen LogP contribution in [-0.4, -0.2) is 16.6 Å². The van der Waals surface area contributed by atoms with E-state index in [0.29, 0.717) is 11.5 Å². The molecule has 50 valence electrons. The molecule has 0 spiro atoms. The highest BCUT2D eigenvalue weighted by atomic mass is 28.2. The van der Waals surface area contributed by atoms with E-state index in [1.54, 1.807) is 0 Å². The Balaban J connectivity index is 3.62. The van der Waals surface area contributed by atoms with Crippen LogP contribution in [0.25, 0.3) is 0 Å². The van der Waals surface area contributed by atoms with E-state index in [9.17, 15) is 0 Å². The van der Waals surface area contributed by atoms with Crippen molar-refractivity contribution in [1.82, 2.24) is 0 Å². The molecule has 8 heavy (non-hydrogen) atoms. The van der Waals surface area contributed by atoms with Crippen molar-refractivity contribution < 1.29 is 4.43 Å². The van der Waals surface area contributed by atoms with Gasteiger partial charge in [-0.3, -0.25) is 0 Å². The van der Waals surface area contributed by atoms with Crippen molar-refractivity contribution in [3.05, 3.63) is 0 Å². The molecule has 0 radical (unpaired) electrons. The summed E-state index contributed by atoms with van der Waals surface area (Å²) in [7, 11) is 0.854. The predicted molar refractivity (Wildman–Crippen MR) is 39.9 cm³/mol. The van der Waals surface area contributed by atoms with Gasteiger partial charge in [-0.15, -0.1) is 0 Å². The molecule has 0 bridgehead atoms. The van der Waals surface area contributed by atoms with Crippen LogP contribution < -0.4 is 0 Å². The van der Waals surface area contributed by atoms with E-state index in [1.165, 1.54) is 0 Å². The smallest absolute Gasteiger partial charge is 0.146 e. The van der Waals surface area contributed by atoms with Crippen LogP contribution in [-0.2, 0) is 4.43 Å². The van der Waals surface area contributed by atoms with Crippen molar-refractivity contribution in [2.75, 3.05) is 0 Å². The topological polar surface area (TPSA) is 9.23 Å². The lowest BCUT2D eigenvalue weighted by Gasteiger charge is -2.25. The second kappa shape index (κ2) is 2.64. The summed E-state index contributed by atoms with van der Waals surface area (Å²) in [4.78, 5) is 0. The van der Waals surface area contributed by atoms with Gasteiger partial charge in [0.15, 0.2) is 0 Å². The maximum Gasteiger partial charge on any atom is 0.146 e. The third-order valence-corrected chi connectivity index (χ3v) is 2.28. The average Bonchev–Trinajstić information content (AvgIpc) is 1.62. The summed E-state index contributed by atoms with van der Waals surface area (Å²) in [5.74, 6) is 0. The number of hydrogen-bond donors (Lipinski definition) is 0. The van der Waals surface area contributed by atoms with Gasteiger partial charge in [-0.25, -0.2) is 0 Å². The summed E-state index contributed by atoms with van der Waals surface area (Å²) in [5.41, 5.74) is 0.321. The monoisotopic (exact) mass is 132 g/mol. The molecule has 0 saturated carbocycles. The third-order valence-electron chi connectivity index (χ3n) is 1.57. The van der Waals surface area contributed by atoms with E-state index < -0.39 is 0 Å². The Bertz CT molecular complexity index is 65.4. The van der Waals surface area contributed by atoms with Crippen molar-refractivity contribution in [3.63, 3.8) is 0 Å². The van der Waals surface area contributed by atoms with E-state index in [2.05, 4.69) is 27.7 Å². The summed E-state index contributed by atoms with van der Waals surface area (Å²) >= 11 is 0. The molecule has 0 N–H and O–H groups in total. The first kappa shape index (κ1) is 8.18. The lowest BCUT2D eigenvalue weighted by Crippen LogP contribution is -2.24. The summed E-state index contributed by atoms with van der Waals surface area (Å²) in [6.45, 7) is 8.69. The van der Waals surface area contributed by atoms with Gasteiger partial charge < -0.3 is 4.43 Å². The van der Waals surface area contributed by atoms with Gasteiger partial charge in [0, 0.05) is 6.10 Å². The summed E-state index contributed by atoms with van der Waals surface area (Å²) in [5, 5.41) is 0. The molecule has 0 aliphatic carbocycles. The summed E-state index contributed by atoms with van der Waals surface area (Å²) in [6, 6.07) is 0. The number of hydrogen-bond acceptors (Lipinski definition) is 1. The van der Waals surface area contributed by atoms with Gasteiger partial charge in [0.1, 0.15) is 10.5 Å². The Morgan fingerprint density at radius 2 is 1.75 bits per heavy atom. The molecule has 0 aromatic heterocycles. The Morgan fingerprint density at radius 1 is 1.38 bits per heavy atom. The van der Waals surface area contributed by atoms with Gasteiger partial charge in [-0.2, -0.15) is 0 Å². The predicted octanol–water partition coefficient (Wildman–Crippen LogP) is 0.718. The molecule has 0 amide bonds. The third kappa shape index (κ3) is 2.48. The second-order valence-corrected chi connectivity index (χ2v) is 3.72. The van der Waals surface area contributed by atoms with Crippen molar-refractivity contribution in [2.45, 2.75) is 33.8 Å². The van der Waals surface area contributed by atoms with Crippen molar-refractivity contribution in [3.8, 4) is 0 Å². The molecule has 2 heteroatoms. The lowest BCUT2D eigenvalue weighted by molar-refractivity contribution is 0.114. The lowest BCUT2D eigenvalue weighted by atomic mass is 9.91. The highest BCUT2D eigenvalue weighted by Gasteiger charge is 2.17. The maximum atomic E-state index is 5.25. The van der Waals surface area contributed by atoms with E-state index in [4.69, 9.17) is 4.43 Å². The fraction of sp³-hybridized carbons (Fsp3) is 1.00. The van der Waals surface area contributed by atoms with Crippen LogP contribution >= 0.6 is 0 Å². The van der Waals surface area contributed by atoms with Crippen LogP contribution in [0.3, 0.4) is 0 Å². The minimum absolute atomic E-state index is 0.321. The van der Waals surface area contributed by atoms with Gasteiger partial charge in [0.05, 0.1) is 0 Å². The Hall–Kier alpha value is 0.177. The molecule has 0 aromatic rings. The minimum atomic E-state index is 0.321. The standard InChI is InChI=1S/C6H16OSi/c1-5(7-8)6(2,3)4/h5H,1-4,8H3. The fourth-order valence-corrected chi connectivity index (χ4v) is 1.06. The normalized spacial score (nSPS) is 16.5. The first-order valence-corrected chi connectivity index (χ1v) is 3.83. The maximum absolute atomic E-state index is 5.25. The van der Waals surface area contributed by atoms with Crippen molar-refractivity contribution >= 4 is 10.5 Å². The Kier molecular flexibility index (Phi) is 2.70. The number of rotatable bonds is 1. The van der Waals surface area contributed by atoms with E-state index in [-0.39, 0.29) is 0 Å². The van der Waals surface area contributed by atoms with Crippen molar-refractivity contribution in [2.24, 2.45) is 5.41 Å². The van der Waals surface area contributed by atoms with E-state index in [0.717, 1.165) is 10.5 Å². The summed E-state index contributed by atoms with van der Waals surface area (Å²) in [6.07, 6.45) is 0.411. The first-order valence-electron chi connectivity index (χ1n) is 3.01. The average molecular weight is 132 g/mol. The Labute approximate surface area is 55.0 Å². The summed E-state index contributed by atoms with van der Waals surface area (Å²) < 4.78 is 5.25. The molecule has 1 unspecified atom stereocenters. The zero-order valence-electron chi connectivity index (χ0n) is 6.49. The second-order valence-electron chi connectivity index (χ2n) is 3.24. The molecular weight excluding hydrogens is 116 g/mol. The van der Waals surface area contributed by atoms with E-state index >= 15 is 0 Å². The highest BCUT2D eigenvalue weighted by molar-refractivity contribution is 5.98. The zero-order valence-corrected chi connectivity index (χ0v) is 8.49. The molecule has 0 aliphatic rings. The van der Waals surface area contributed by atoms with Gasteiger partial charge in [0.2, 0.25) is 0 Å². The molecule has 0 fully saturated rings. The van der Waals surface area contributed by atoms with Gasteiger partial charge in [0.25, 0.3) is 0 Å². The zero-order chi connectivity index (χ0) is 6.78. The molecular formula is C6H16OSi. The first-order chi connectivity index (χ1) is 3.48. The van der Waals surface area contributed by atoms with Crippen LogP contribution in [0.5, 0.6) is 0 Å². The molecule has 0 saturated heterocycles. The molecule has 1 nitrogen and oxygen atoms in total. The van der Waals surface area contributed by atoms with E-state index in [1.807, 2.05) is 0 Å². The van der Waals surface area contributed by atoms with Crippen molar-refractivity contribution in [1.29, 1.82) is 0 Å². The largest absolute Gasteiger partial charge is 0.425 e. The molecule has 0 aromatic carbocycles. The van der Waals surface area contributed by atoms with Crippen LogP contribution in [0, 0.1) is 5.41 Å². The van der Waals surface area contributed by atoms with Crippen LogP contribution in [0.4, 0.5) is 0 Å². The fourth-order valence-electron chi connectivity index (χ4n) is 0.354.